The van der Waals surface area contributed by atoms with Gasteiger partial charge in [0, 0.05) is 0 Å². The number of fused-ring (bicyclic) bond motifs is 2. The first-order valence-corrected chi connectivity index (χ1v) is 11.7. The van der Waals surface area contributed by atoms with Gasteiger partial charge < -0.3 is 0 Å². The van der Waals surface area contributed by atoms with Crippen molar-refractivity contribution < 1.29 is 26.3 Å². The number of aryl methyl sites for hydroxylation is 3. The first-order chi connectivity index (χ1) is 17.4. The van der Waals surface area contributed by atoms with Crippen molar-refractivity contribution >= 4 is 21.5 Å². The molecule has 5 rings (SSSR count). The Morgan fingerprint density at radius 2 is 0.892 bits per heavy atom. The molecular weight excluding hydrogens is 486 g/mol. The zero-order valence-electron chi connectivity index (χ0n) is 20.3. The van der Waals surface area contributed by atoms with Crippen LogP contribution in [0.2, 0.25) is 0 Å². The van der Waals surface area contributed by atoms with Crippen LogP contribution in [-0.4, -0.2) is 0 Å². The number of hydrogen-bond acceptors (Lipinski definition) is 0. The lowest BCUT2D eigenvalue weighted by Gasteiger charge is -2.20. The van der Waals surface area contributed by atoms with Crippen LogP contribution in [0.25, 0.3) is 43.8 Å². The normalized spacial score (nSPS) is 12.5. The minimum atomic E-state index is -4.52. The molecular formula is C31H22F6. The number of rotatable bonds is 2. The van der Waals surface area contributed by atoms with Gasteiger partial charge in [0.2, 0.25) is 0 Å². The van der Waals surface area contributed by atoms with Crippen LogP contribution in [0.4, 0.5) is 26.3 Å². The van der Waals surface area contributed by atoms with Crippen LogP contribution in [0.3, 0.4) is 0 Å². The van der Waals surface area contributed by atoms with Gasteiger partial charge in [-0.2, -0.15) is 26.3 Å². The quantitative estimate of drug-likeness (QED) is 0.164. The van der Waals surface area contributed by atoms with Gasteiger partial charge in [-0.1, -0.05) is 72.3 Å². The summed E-state index contributed by atoms with van der Waals surface area (Å²) < 4.78 is 82.7. The lowest BCUT2D eigenvalue weighted by atomic mass is 9.84. The fourth-order valence-electron chi connectivity index (χ4n) is 5.08. The summed E-state index contributed by atoms with van der Waals surface area (Å²) in [5.41, 5.74) is 1.73. The third-order valence-electron chi connectivity index (χ3n) is 6.84. The summed E-state index contributed by atoms with van der Waals surface area (Å²) in [5.74, 6) is 0. The van der Waals surface area contributed by atoms with E-state index in [1.165, 1.54) is 26.0 Å². The third kappa shape index (κ3) is 4.35. The molecule has 0 atom stereocenters. The zero-order valence-corrected chi connectivity index (χ0v) is 20.3. The number of alkyl halides is 6. The topological polar surface area (TPSA) is 0 Å². The summed E-state index contributed by atoms with van der Waals surface area (Å²) in [6, 6.07) is 21.3. The molecule has 5 aromatic rings. The molecule has 0 fully saturated rings. The fraction of sp³-hybridized carbons (Fsp3) is 0.161. The Bertz CT molecular complexity index is 1670. The van der Waals surface area contributed by atoms with Crippen molar-refractivity contribution in [3.8, 4) is 22.3 Å². The molecule has 0 aliphatic rings. The summed E-state index contributed by atoms with van der Waals surface area (Å²) >= 11 is 0. The highest BCUT2D eigenvalue weighted by Crippen LogP contribution is 2.46. The number of halogens is 6. The zero-order chi connectivity index (χ0) is 26.7. The van der Waals surface area contributed by atoms with E-state index >= 15 is 0 Å². The molecule has 0 heterocycles. The standard InChI is InChI=1S/C31H22F6/c1-17-8-13-24-25(14-17)29(21-12-10-19(3)27(16-21)31(35,36)37)23-7-5-4-6-22(23)28(24)20-11-9-18(2)26(15-20)30(32,33)34/h4-16H,1-3H3. The first-order valence-electron chi connectivity index (χ1n) is 11.7. The Kier molecular flexibility index (Phi) is 5.81. The maximum Gasteiger partial charge on any atom is 0.416 e. The van der Waals surface area contributed by atoms with E-state index in [-0.39, 0.29) is 11.1 Å². The second-order valence-electron chi connectivity index (χ2n) is 9.40. The largest absolute Gasteiger partial charge is 0.416 e. The Labute approximate surface area is 210 Å². The van der Waals surface area contributed by atoms with Gasteiger partial charge in [0.1, 0.15) is 0 Å². The van der Waals surface area contributed by atoms with E-state index < -0.39 is 23.5 Å². The van der Waals surface area contributed by atoms with E-state index in [2.05, 4.69) is 0 Å². The minimum absolute atomic E-state index is 0.122. The molecule has 37 heavy (non-hydrogen) atoms. The third-order valence-corrected chi connectivity index (χ3v) is 6.84. The van der Waals surface area contributed by atoms with Crippen molar-refractivity contribution in [3.05, 3.63) is 107 Å². The van der Waals surface area contributed by atoms with Gasteiger partial charge in [0.25, 0.3) is 0 Å². The van der Waals surface area contributed by atoms with Gasteiger partial charge in [-0.25, -0.2) is 0 Å². The highest BCUT2D eigenvalue weighted by Gasteiger charge is 2.34. The molecule has 0 aromatic heterocycles. The molecule has 0 bridgehead atoms. The molecule has 6 heteroatoms. The average molecular weight is 509 g/mol. The van der Waals surface area contributed by atoms with Crippen molar-refractivity contribution in [2.75, 3.05) is 0 Å². The van der Waals surface area contributed by atoms with E-state index in [1.54, 1.807) is 30.3 Å². The smallest absolute Gasteiger partial charge is 0.166 e. The Hall–Kier alpha value is -3.80. The van der Waals surface area contributed by atoms with Gasteiger partial charge in [0.05, 0.1) is 11.1 Å². The van der Waals surface area contributed by atoms with E-state index in [4.69, 9.17) is 0 Å². The lowest BCUT2D eigenvalue weighted by molar-refractivity contribution is -0.138. The highest BCUT2D eigenvalue weighted by atomic mass is 19.4. The van der Waals surface area contributed by atoms with E-state index in [1.807, 2.05) is 31.2 Å². The molecule has 188 valence electrons. The second kappa shape index (κ2) is 8.65. The lowest BCUT2D eigenvalue weighted by Crippen LogP contribution is -2.08. The van der Waals surface area contributed by atoms with Gasteiger partial charge in [0.15, 0.2) is 0 Å². The van der Waals surface area contributed by atoms with Crippen LogP contribution in [0.1, 0.15) is 27.8 Å². The van der Waals surface area contributed by atoms with E-state index in [0.717, 1.165) is 17.7 Å². The maximum atomic E-state index is 13.8. The summed E-state index contributed by atoms with van der Waals surface area (Å²) in [5, 5.41) is 2.69. The molecule has 0 amide bonds. The van der Waals surface area contributed by atoms with Crippen LogP contribution in [0.15, 0.2) is 78.9 Å². The molecule has 0 nitrogen and oxygen atoms in total. The second-order valence-corrected chi connectivity index (χ2v) is 9.40. The molecule has 5 aromatic carbocycles. The van der Waals surface area contributed by atoms with Crippen molar-refractivity contribution in [2.24, 2.45) is 0 Å². The summed E-state index contributed by atoms with van der Waals surface area (Å²) in [7, 11) is 0. The molecule has 0 N–H and O–H groups in total. The summed E-state index contributed by atoms with van der Waals surface area (Å²) in [6.07, 6.45) is -9.03. The van der Waals surface area contributed by atoms with E-state index in [0.29, 0.717) is 43.8 Å². The minimum Gasteiger partial charge on any atom is -0.166 e. The van der Waals surface area contributed by atoms with Gasteiger partial charge >= 0.3 is 12.4 Å². The monoisotopic (exact) mass is 508 g/mol. The van der Waals surface area contributed by atoms with Crippen molar-refractivity contribution in [1.82, 2.24) is 0 Å². The van der Waals surface area contributed by atoms with Crippen LogP contribution < -0.4 is 0 Å². The van der Waals surface area contributed by atoms with Crippen molar-refractivity contribution in [1.29, 1.82) is 0 Å². The molecule has 0 unspecified atom stereocenters. The van der Waals surface area contributed by atoms with Crippen LogP contribution in [-0.2, 0) is 12.4 Å². The Balaban J connectivity index is 1.94. The molecule has 0 aliphatic carbocycles. The molecule has 0 spiro atoms. The van der Waals surface area contributed by atoms with Gasteiger partial charge in [-0.15, -0.1) is 0 Å². The fourth-order valence-corrected chi connectivity index (χ4v) is 5.08. The predicted molar refractivity (Wildman–Crippen MR) is 137 cm³/mol. The summed E-state index contributed by atoms with van der Waals surface area (Å²) in [4.78, 5) is 0. The predicted octanol–water partition coefficient (Wildman–Crippen LogP) is 10.3. The molecule has 0 aliphatic heterocycles. The Morgan fingerprint density at radius 1 is 0.459 bits per heavy atom. The molecule has 0 radical (unpaired) electrons. The highest BCUT2D eigenvalue weighted by molar-refractivity contribution is 6.21. The van der Waals surface area contributed by atoms with Crippen LogP contribution >= 0.6 is 0 Å². The number of benzene rings is 5. The first kappa shape index (κ1) is 24.9. The molecule has 0 saturated heterocycles. The Morgan fingerprint density at radius 3 is 1.35 bits per heavy atom. The van der Waals surface area contributed by atoms with Crippen LogP contribution in [0.5, 0.6) is 0 Å². The van der Waals surface area contributed by atoms with Gasteiger partial charge in [-0.3, -0.25) is 0 Å². The van der Waals surface area contributed by atoms with Gasteiger partial charge in [-0.05, 0) is 87.8 Å². The SMILES string of the molecule is Cc1ccc2c(-c3ccc(C)c(C(F)(F)F)c3)c3ccccc3c(-c3ccc(C)c(C(F)(F)F)c3)c2c1. The van der Waals surface area contributed by atoms with Crippen molar-refractivity contribution in [3.63, 3.8) is 0 Å². The van der Waals surface area contributed by atoms with Crippen molar-refractivity contribution in [2.45, 2.75) is 33.1 Å². The molecule has 0 saturated carbocycles. The van der Waals surface area contributed by atoms with E-state index in [9.17, 15) is 26.3 Å². The van der Waals surface area contributed by atoms with Crippen LogP contribution in [0, 0.1) is 20.8 Å². The summed E-state index contributed by atoms with van der Waals surface area (Å²) in [6.45, 7) is 4.72. The average Bonchev–Trinajstić information content (AvgIpc) is 2.82. The maximum absolute atomic E-state index is 13.8. The number of hydrogen-bond donors (Lipinski definition) is 0.